The van der Waals surface area contributed by atoms with Crippen molar-refractivity contribution >= 4 is 84.0 Å². The predicted molar refractivity (Wildman–Crippen MR) is 144 cm³/mol. The number of para-hydroxylation sites is 1. The molecule has 0 bridgehead atoms. The van der Waals surface area contributed by atoms with Crippen molar-refractivity contribution in [2.75, 3.05) is 24.4 Å². The van der Waals surface area contributed by atoms with Crippen molar-refractivity contribution in [3.8, 4) is 0 Å². The van der Waals surface area contributed by atoms with E-state index < -0.39 is 43.5 Å². The van der Waals surface area contributed by atoms with Crippen molar-refractivity contribution in [1.82, 2.24) is 14.4 Å². The first-order chi connectivity index (χ1) is 17.2. The molecule has 1 aromatic carbocycles. The molecule has 4 rings (SSSR count). The Bertz CT molecular complexity index is 1740. The molecule has 0 aliphatic carbocycles. The van der Waals surface area contributed by atoms with Crippen molar-refractivity contribution in [2.45, 2.75) is 17.7 Å². The van der Waals surface area contributed by atoms with E-state index in [4.69, 9.17) is 12.2 Å². The number of thiocarbonyl (C=S) groups is 1. The molecule has 2 aromatic rings. The maximum Gasteiger partial charge on any atom is 0.283 e. The van der Waals surface area contributed by atoms with Gasteiger partial charge in [0, 0.05) is 18.5 Å². The summed E-state index contributed by atoms with van der Waals surface area (Å²) in [5, 5.41) is 0.546. The predicted octanol–water partition coefficient (Wildman–Crippen LogP) is 0.0216. The molecule has 0 spiro atoms. The number of carbonyl (C=O) groups excluding carboxylic acids is 1. The monoisotopic (exact) mass is 604 g/mol. The van der Waals surface area contributed by atoms with Crippen LogP contribution in [-0.4, -0.2) is 70.8 Å². The highest BCUT2D eigenvalue weighted by Gasteiger charge is 2.39. The molecule has 0 radical (unpaired) electrons. The van der Waals surface area contributed by atoms with Crippen LogP contribution in [0.1, 0.15) is 6.92 Å². The van der Waals surface area contributed by atoms with Gasteiger partial charge in [0.25, 0.3) is 31.7 Å². The largest absolute Gasteiger partial charge is 0.335 e. The number of benzene rings is 1. The number of aromatic nitrogens is 1. The Morgan fingerprint density at radius 3 is 2.27 bits per heavy atom. The van der Waals surface area contributed by atoms with E-state index in [1.807, 2.05) is 36.1 Å². The SMILES string of the molecule is CCN1/C(=C\C=c2/s/c(=C3/C(=O)N(CS(=O)(=O)O)C(=S)N3C)n(CS(=O)(=O)O)c2=O)Sc2ccccc21. The van der Waals surface area contributed by atoms with E-state index in [-0.39, 0.29) is 20.0 Å². The van der Waals surface area contributed by atoms with Gasteiger partial charge in [0.1, 0.15) is 10.4 Å². The average molecular weight is 605 g/mol. The summed E-state index contributed by atoms with van der Waals surface area (Å²) >= 11 is 7.39. The summed E-state index contributed by atoms with van der Waals surface area (Å²) in [4.78, 5) is 31.0. The Labute approximate surface area is 225 Å². The van der Waals surface area contributed by atoms with E-state index in [2.05, 4.69) is 0 Å². The van der Waals surface area contributed by atoms with Gasteiger partial charge in [-0.25, -0.2) is 0 Å². The van der Waals surface area contributed by atoms with Crippen LogP contribution in [0.5, 0.6) is 0 Å². The highest BCUT2D eigenvalue weighted by molar-refractivity contribution is 8.03. The molecule has 0 saturated carbocycles. The van der Waals surface area contributed by atoms with E-state index in [9.17, 15) is 35.5 Å². The Hall–Kier alpha value is -2.54. The minimum atomic E-state index is -4.71. The molecule has 37 heavy (non-hydrogen) atoms. The first-order valence-electron chi connectivity index (χ1n) is 10.4. The van der Waals surface area contributed by atoms with Gasteiger partial charge in [0.05, 0.1) is 15.2 Å². The van der Waals surface area contributed by atoms with Crippen molar-refractivity contribution in [2.24, 2.45) is 0 Å². The molecular formula is C20H20N4O8S5. The van der Waals surface area contributed by atoms with Crippen LogP contribution in [0, 0.1) is 0 Å². The number of fused-ring (bicyclic) bond motifs is 1. The van der Waals surface area contributed by atoms with Gasteiger partial charge in [-0.3, -0.25) is 28.2 Å². The quantitative estimate of drug-likeness (QED) is 0.337. The standard InChI is InChI=1S/C20H20N4O8S5/c1-3-22-12-6-4-5-7-13(12)34-15(22)9-8-14-17(25)23(10-36(27,28)29)19(35-14)16-18(26)24(11-37(30,31)32)20(33)21(16)2/h4-9H,3,10-11H2,1-2H3,(H,27,28,29)(H,30,31,32)/b14-8-,15-9+,19-16-. The number of carbonyl (C=O) groups is 1. The van der Waals surface area contributed by atoms with Crippen molar-refractivity contribution in [1.29, 1.82) is 0 Å². The number of hydrogen-bond donors (Lipinski definition) is 2. The van der Waals surface area contributed by atoms with Crippen LogP contribution in [0.25, 0.3) is 11.8 Å². The van der Waals surface area contributed by atoms with Gasteiger partial charge in [-0.1, -0.05) is 23.9 Å². The molecular weight excluding hydrogens is 585 g/mol. The summed E-state index contributed by atoms with van der Waals surface area (Å²) in [6.07, 6.45) is 3.19. The highest BCUT2D eigenvalue weighted by Crippen LogP contribution is 2.45. The van der Waals surface area contributed by atoms with E-state index >= 15 is 0 Å². The van der Waals surface area contributed by atoms with Gasteiger partial charge in [0.2, 0.25) is 0 Å². The molecule has 1 amide bonds. The molecule has 198 valence electrons. The highest BCUT2D eigenvalue weighted by atomic mass is 32.2. The summed E-state index contributed by atoms with van der Waals surface area (Å²) in [6, 6.07) is 7.75. The zero-order valence-electron chi connectivity index (χ0n) is 19.3. The molecule has 1 saturated heterocycles. The number of thiazole rings is 1. The lowest BCUT2D eigenvalue weighted by molar-refractivity contribution is -0.120. The fourth-order valence-corrected chi connectivity index (χ4v) is 7.58. The fourth-order valence-electron chi connectivity index (χ4n) is 3.79. The molecule has 2 aliphatic heterocycles. The molecule has 0 atom stereocenters. The van der Waals surface area contributed by atoms with Gasteiger partial charge in [-0.2, -0.15) is 16.8 Å². The maximum absolute atomic E-state index is 13.2. The molecule has 12 nitrogen and oxygen atoms in total. The molecule has 2 aliphatic rings. The third kappa shape index (κ3) is 5.52. The van der Waals surface area contributed by atoms with Gasteiger partial charge in [-0.15, -0.1) is 11.3 Å². The molecule has 1 fully saturated rings. The number of anilines is 1. The van der Waals surface area contributed by atoms with Crippen LogP contribution >= 0.6 is 35.3 Å². The maximum atomic E-state index is 13.2. The first kappa shape index (κ1) is 27.5. The van der Waals surface area contributed by atoms with Gasteiger partial charge in [-0.05, 0) is 43.4 Å². The summed E-state index contributed by atoms with van der Waals surface area (Å²) in [6.45, 7) is 2.63. The minimum Gasteiger partial charge on any atom is -0.335 e. The third-order valence-electron chi connectivity index (χ3n) is 5.33. The lowest BCUT2D eigenvalue weighted by Crippen LogP contribution is -2.36. The Kier molecular flexibility index (Phi) is 7.41. The van der Waals surface area contributed by atoms with Crippen LogP contribution in [0.3, 0.4) is 0 Å². The average Bonchev–Trinajstić information content (AvgIpc) is 3.37. The van der Waals surface area contributed by atoms with E-state index in [0.717, 1.165) is 31.8 Å². The second kappa shape index (κ2) is 9.97. The number of thioether (sulfide) groups is 1. The zero-order chi connectivity index (χ0) is 27.3. The second-order valence-electron chi connectivity index (χ2n) is 7.84. The first-order valence-corrected chi connectivity index (χ1v) is 15.7. The molecule has 3 heterocycles. The van der Waals surface area contributed by atoms with Gasteiger partial charge in [0.15, 0.2) is 16.9 Å². The number of amides is 1. The van der Waals surface area contributed by atoms with Crippen LogP contribution in [-0.2, 0) is 30.9 Å². The lowest BCUT2D eigenvalue weighted by atomic mass is 10.3. The number of likely N-dealkylation sites (N-methyl/N-ethyl adjacent to an activating group) is 1. The molecule has 2 N–H and O–H groups in total. The summed E-state index contributed by atoms with van der Waals surface area (Å²) in [5.74, 6) is -3.22. The normalized spacial score (nSPS) is 19.5. The van der Waals surface area contributed by atoms with Crippen LogP contribution in [0.2, 0.25) is 0 Å². The summed E-state index contributed by atoms with van der Waals surface area (Å²) < 4.78 is 65.4. The number of rotatable bonds is 6. The zero-order valence-corrected chi connectivity index (χ0v) is 23.3. The molecule has 17 heteroatoms. The number of nitrogens with zero attached hydrogens (tertiary/aromatic N) is 4. The summed E-state index contributed by atoms with van der Waals surface area (Å²) in [5.41, 5.74) is -0.0538. The fraction of sp³-hybridized carbons (Fsp3) is 0.250. The van der Waals surface area contributed by atoms with Gasteiger partial charge >= 0.3 is 0 Å². The lowest BCUT2D eigenvalue weighted by Gasteiger charge is -2.17. The molecule has 1 aromatic heterocycles. The van der Waals surface area contributed by atoms with E-state index in [1.54, 1.807) is 6.08 Å². The number of allylic oxidation sites excluding steroid dienone is 1. The van der Waals surface area contributed by atoms with Crippen molar-refractivity contribution in [3.05, 3.63) is 54.9 Å². The Balaban J connectivity index is 1.91. The van der Waals surface area contributed by atoms with E-state index in [0.29, 0.717) is 16.0 Å². The van der Waals surface area contributed by atoms with Crippen molar-refractivity contribution in [3.63, 3.8) is 0 Å². The topological polar surface area (TPSA) is 158 Å². The van der Waals surface area contributed by atoms with E-state index in [1.165, 1.54) is 24.9 Å². The van der Waals surface area contributed by atoms with Crippen LogP contribution < -0.4 is 19.7 Å². The Morgan fingerprint density at radius 1 is 1.00 bits per heavy atom. The number of hydrogen-bond acceptors (Lipinski definition) is 10. The van der Waals surface area contributed by atoms with Crippen LogP contribution in [0.4, 0.5) is 5.69 Å². The third-order valence-corrected chi connectivity index (χ3v) is 9.26. The van der Waals surface area contributed by atoms with Gasteiger partial charge < -0.3 is 9.80 Å². The summed E-state index contributed by atoms with van der Waals surface area (Å²) in [7, 11) is -8.01. The minimum absolute atomic E-state index is 0.0617. The van der Waals surface area contributed by atoms with Crippen molar-refractivity contribution < 1.29 is 30.7 Å². The molecule has 0 unspecified atom stereocenters. The van der Waals surface area contributed by atoms with Crippen LogP contribution in [0.15, 0.2) is 45.1 Å². The second-order valence-corrected chi connectivity index (χ2v) is 13.1. The Morgan fingerprint density at radius 2 is 1.65 bits per heavy atom. The smallest absolute Gasteiger partial charge is 0.283 e.